The summed E-state index contributed by atoms with van der Waals surface area (Å²) in [5.41, 5.74) is 0.456. The van der Waals surface area contributed by atoms with Crippen molar-refractivity contribution >= 4 is 24.2 Å². The van der Waals surface area contributed by atoms with E-state index in [1.54, 1.807) is 12.1 Å². The van der Waals surface area contributed by atoms with Crippen LogP contribution in [0.2, 0.25) is 5.02 Å². The van der Waals surface area contributed by atoms with Crippen LogP contribution in [0.1, 0.15) is 5.56 Å². The molecule has 0 saturated heterocycles. The molecule has 0 amide bonds. The monoisotopic (exact) mass is 310 g/mol. The molecule has 2 rings (SSSR count). The van der Waals surface area contributed by atoms with Crippen LogP contribution in [0.3, 0.4) is 0 Å². The Labute approximate surface area is 126 Å². The Kier molecular flexibility index (Phi) is 5.06. The maximum atomic E-state index is 13.6. The molecule has 0 aliphatic carbocycles. The fourth-order valence-electron chi connectivity index (χ4n) is 1.78. The van der Waals surface area contributed by atoms with Crippen LogP contribution >= 0.6 is 11.6 Å². The van der Waals surface area contributed by atoms with Crippen LogP contribution in [0.15, 0.2) is 36.4 Å². The molecule has 0 saturated carbocycles. The zero-order chi connectivity index (χ0) is 15.4. The molecule has 0 heterocycles. The third kappa shape index (κ3) is 3.88. The molecule has 21 heavy (non-hydrogen) atoms. The van der Waals surface area contributed by atoms with E-state index in [1.807, 2.05) is 0 Å². The van der Waals surface area contributed by atoms with Crippen molar-refractivity contribution in [3.8, 4) is 11.5 Å². The zero-order valence-electron chi connectivity index (χ0n) is 11.2. The van der Waals surface area contributed by atoms with Crippen molar-refractivity contribution < 1.29 is 23.9 Å². The lowest BCUT2D eigenvalue weighted by atomic mass is 9.79. The second-order valence-corrected chi connectivity index (χ2v) is 4.74. The van der Waals surface area contributed by atoms with Crippen LogP contribution in [-0.2, 0) is 6.61 Å². The van der Waals surface area contributed by atoms with Gasteiger partial charge in [0.05, 0.1) is 7.11 Å². The molecule has 0 unspecified atom stereocenters. The first-order chi connectivity index (χ1) is 10.0. The molecule has 0 fully saturated rings. The molecule has 2 N–H and O–H groups in total. The van der Waals surface area contributed by atoms with E-state index in [0.29, 0.717) is 16.3 Å². The van der Waals surface area contributed by atoms with Gasteiger partial charge in [-0.3, -0.25) is 0 Å². The van der Waals surface area contributed by atoms with Crippen molar-refractivity contribution in [2.75, 3.05) is 7.11 Å². The predicted molar refractivity (Wildman–Crippen MR) is 78.6 cm³/mol. The van der Waals surface area contributed by atoms with Crippen molar-refractivity contribution in [3.63, 3.8) is 0 Å². The van der Waals surface area contributed by atoms with Crippen LogP contribution in [0.4, 0.5) is 4.39 Å². The maximum absolute atomic E-state index is 13.6. The van der Waals surface area contributed by atoms with Crippen LogP contribution in [0.25, 0.3) is 0 Å². The van der Waals surface area contributed by atoms with Crippen molar-refractivity contribution in [2.45, 2.75) is 6.61 Å². The van der Waals surface area contributed by atoms with Crippen LogP contribution in [0, 0.1) is 5.82 Å². The summed E-state index contributed by atoms with van der Waals surface area (Å²) < 4.78 is 24.1. The van der Waals surface area contributed by atoms with E-state index < -0.39 is 12.9 Å². The second-order valence-electron chi connectivity index (χ2n) is 4.30. The molecular weight excluding hydrogens is 297 g/mol. The number of benzene rings is 2. The standard InChI is InChI=1S/C14H13BClFO4/c1-20-11-4-5-14(12(7-11)15(18)19)21-8-9-2-3-10(16)6-13(9)17/h2-7,18-19H,8H2,1H3. The number of ether oxygens (including phenoxy) is 2. The molecule has 2 aromatic rings. The molecule has 7 heteroatoms. The van der Waals surface area contributed by atoms with Crippen LogP contribution < -0.4 is 14.9 Å². The van der Waals surface area contributed by atoms with E-state index in [9.17, 15) is 14.4 Å². The Bertz CT molecular complexity index is 636. The van der Waals surface area contributed by atoms with E-state index in [1.165, 1.54) is 31.4 Å². The lowest BCUT2D eigenvalue weighted by molar-refractivity contribution is 0.300. The van der Waals surface area contributed by atoms with Gasteiger partial charge in [-0.1, -0.05) is 17.7 Å². The Hall–Kier alpha value is -1.76. The number of hydrogen-bond donors (Lipinski definition) is 2. The van der Waals surface area contributed by atoms with E-state index in [2.05, 4.69) is 0 Å². The van der Waals surface area contributed by atoms with Crippen molar-refractivity contribution in [1.82, 2.24) is 0 Å². The van der Waals surface area contributed by atoms with Crippen LogP contribution in [0.5, 0.6) is 11.5 Å². The summed E-state index contributed by atoms with van der Waals surface area (Å²) in [6, 6.07) is 8.84. The molecule has 110 valence electrons. The summed E-state index contributed by atoms with van der Waals surface area (Å²) >= 11 is 5.67. The predicted octanol–water partition coefficient (Wildman–Crippen LogP) is 1.75. The van der Waals surface area contributed by atoms with Gasteiger partial charge in [0.15, 0.2) is 0 Å². The number of hydrogen-bond acceptors (Lipinski definition) is 4. The van der Waals surface area contributed by atoms with Crippen LogP contribution in [-0.4, -0.2) is 24.3 Å². The molecule has 0 aliphatic rings. The van der Waals surface area contributed by atoms with E-state index in [4.69, 9.17) is 21.1 Å². The second kappa shape index (κ2) is 6.80. The van der Waals surface area contributed by atoms with Crippen molar-refractivity contribution in [3.05, 3.63) is 52.8 Å². The molecule has 2 aromatic carbocycles. The van der Waals surface area contributed by atoms with Gasteiger partial charge < -0.3 is 19.5 Å². The van der Waals surface area contributed by atoms with Gasteiger partial charge in [0, 0.05) is 16.0 Å². The number of halogens is 2. The van der Waals surface area contributed by atoms with Gasteiger partial charge in [-0.15, -0.1) is 0 Å². The third-order valence-corrected chi connectivity index (χ3v) is 3.13. The SMILES string of the molecule is COc1ccc(OCc2ccc(Cl)cc2F)c(B(O)O)c1. The summed E-state index contributed by atoms with van der Waals surface area (Å²) in [6.45, 7) is -0.0605. The van der Waals surface area contributed by atoms with Gasteiger partial charge in [-0.2, -0.15) is 0 Å². The summed E-state index contributed by atoms with van der Waals surface area (Å²) in [5, 5.41) is 19.0. The first-order valence-corrected chi connectivity index (χ1v) is 6.50. The first kappa shape index (κ1) is 15.6. The topological polar surface area (TPSA) is 58.9 Å². The summed E-state index contributed by atoms with van der Waals surface area (Å²) in [5.74, 6) is 0.213. The fourth-order valence-corrected chi connectivity index (χ4v) is 1.94. The first-order valence-electron chi connectivity index (χ1n) is 6.12. The Balaban J connectivity index is 2.19. The highest BCUT2D eigenvalue weighted by Crippen LogP contribution is 2.19. The van der Waals surface area contributed by atoms with Gasteiger partial charge in [0.25, 0.3) is 0 Å². The summed E-state index contributed by atoms with van der Waals surface area (Å²) in [6.07, 6.45) is 0. The molecule has 0 aromatic heterocycles. The van der Waals surface area contributed by atoms with Gasteiger partial charge >= 0.3 is 7.12 Å². The number of methoxy groups -OCH3 is 1. The summed E-state index contributed by atoms with van der Waals surface area (Å²) in [7, 11) is -0.253. The highest BCUT2D eigenvalue weighted by atomic mass is 35.5. The Morgan fingerprint density at radius 1 is 1.19 bits per heavy atom. The van der Waals surface area contributed by atoms with E-state index in [-0.39, 0.29) is 17.8 Å². The molecule has 0 atom stereocenters. The molecular formula is C14H13BClFO4. The Morgan fingerprint density at radius 3 is 2.57 bits per heavy atom. The van der Waals surface area contributed by atoms with Gasteiger partial charge in [-0.25, -0.2) is 4.39 Å². The average molecular weight is 311 g/mol. The normalized spacial score (nSPS) is 10.3. The Morgan fingerprint density at radius 2 is 1.95 bits per heavy atom. The van der Waals surface area contributed by atoms with E-state index in [0.717, 1.165) is 0 Å². The largest absolute Gasteiger partial charge is 0.497 e. The highest BCUT2D eigenvalue weighted by Gasteiger charge is 2.18. The molecule has 0 aliphatic heterocycles. The number of rotatable bonds is 5. The maximum Gasteiger partial charge on any atom is 0.492 e. The van der Waals surface area contributed by atoms with Gasteiger partial charge in [0.2, 0.25) is 0 Å². The minimum atomic E-state index is -1.72. The van der Waals surface area contributed by atoms with Crippen molar-refractivity contribution in [2.24, 2.45) is 0 Å². The molecule has 4 nitrogen and oxygen atoms in total. The smallest absolute Gasteiger partial charge is 0.492 e. The molecule has 0 spiro atoms. The zero-order valence-corrected chi connectivity index (χ0v) is 12.0. The highest BCUT2D eigenvalue weighted by molar-refractivity contribution is 6.59. The van der Waals surface area contributed by atoms with E-state index >= 15 is 0 Å². The molecule has 0 radical (unpaired) electrons. The average Bonchev–Trinajstić information content (AvgIpc) is 2.46. The molecule has 0 bridgehead atoms. The minimum Gasteiger partial charge on any atom is -0.497 e. The fraction of sp³-hybridized carbons (Fsp3) is 0.143. The lowest BCUT2D eigenvalue weighted by Crippen LogP contribution is -2.31. The van der Waals surface area contributed by atoms with Crippen molar-refractivity contribution in [1.29, 1.82) is 0 Å². The van der Waals surface area contributed by atoms with Gasteiger partial charge in [0.1, 0.15) is 23.9 Å². The minimum absolute atomic E-state index is 0.0605. The third-order valence-electron chi connectivity index (χ3n) is 2.89. The summed E-state index contributed by atoms with van der Waals surface area (Å²) in [4.78, 5) is 0. The van der Waals surface area contributed by atoms with Gasteiger partial charge in [-0.05, 0) is 30.3 Å². The lowest BCUT2D eigenvalue weighted by Gasteiger charge is -2.13. The quantitative estimate of drug-likeness (QED) is 0.826.